The van der Waals surface area contributed by atoms with Crippen LogP contribution < -0.4 is 11.1 Å². The molecule has 100 valence electrons. The molecule has 1 saturated carbocycles. The second-order valence-corrected chi connectivity index (χ2v) is 5.50. The minimum absolute atomic E-state index is 0.00407. The first-order chi connectivity index (χ1) is 9.15. The monoisotopic (exact) mass is 257 g/mol. The third kappa shape index (κ3) is 2.18. The Morgan fingerprint density at radius 2 is 2.26 bits per heavy atom. The smallest absolute Gasteiger partial charge is 0.253 e. The van der Waals surface area contributed by atoms with Crippen molar-refractivity contribution in [1.82, 2.24) is 10.3 Å². The van der Waals surface area contributed by atoms with Gasteiger partial charge in [0.1, 0.15) is 0 Å². The normalized spacial score (nSPS) is 22.8. The molecular formula is C15H19N3O. The van der Waals surface area contributed by atoms with E-state index in [1.165, 1.54) is 12.8 Å². The molecule has 4 N–H and O–H groups in total. The number of hydrogen-bond donors (Lipinski definition) is 3. The molecule has 2 aromatic rings. The van der Waals surface area contributed by atoms with E-state index in [0.717, 1.165) is 17.3 Å². The summed E-state index contributed by atoms with van der Waals surface area (Å²) in [6, 6.07) is 5.89. The first kappa shape index (κ1) is 12.1. The van der Waals surface area contributed by atoms with E-state index in [4.69, 9.17) is 5.73 Å². The average molecular weight is 257 g/mol. The molecule has 2 atom stereocenters. The van der Waals surface area contributed by atoms with Crippen LogP contribution in [-0.4, -0.2) is 16.9 Å². The standard InChI is InChI=1S/C15H19N3O/c1-9-3-2-4-13(9)18-15(19)12-8-17-14-6-5-10(16)7-11(12)14/h5-9,13,17H,2-4,16H2,1H3,(H,18,19). The molecule has 0 saturated heterocycles. The van der Waals surface area contributed by atoms with Gasteiger partial charge in [-0.2, -0.15) is 0 Å². The fourth-order valence-corrected chi connectivity index (χ4v) is 2.93. The Balaban J connectivity index is 1.87. The van der Waals surface area contributed by atoms with Gasteiger partial charge in [-0.15, -0.1) is 0 Å². The topological polar surface area (TPSA) is 70.9 Å². The highest BCUT2D eigenvalue weighted by Crippen LogP contribution is 2.26. The van der Waals surface area contributed by atoms with Crippen molar-refractivity contribution in [2.24, 2.45) is 5.92 Å². The van der Waals surface area contributed by atoms with Gasteiger partial charge >= 0.3 is 0 Å². The number of nitrogens with one attached hydrogen (secondary N) is 2. The minimum atomic E-state index is -0.00407. The van der Waals surface area contributed by atoms with Crippen LogP contribution in [0.3, 0.4) is 0 Å². The number of aromatic nitrogens is 1. The lowest BCUT2D eigenvalue weighted by Gasteiger charge is -2.16. The SMILES string of the molecule is CC1CCCC1NC(=O)c1c[nH]c2ccc(N)cc12. The maximum absolute atomic E-state index is 12.4. The summed E-state index contributed by atoms with van der Waals surface area (Å²) in [6.07, 6.45) is 5.25. The molecule has 0 aliphatic heterocycles. The summed E-state index contributed by atoms with van der Waals surface area (Å²) in [5.41, 5.74) is 8.09. The second-order valence-electron chi connectivity index (χ2n) is 5.50. The molecule has 1 aromatic carbocycles. The van der Waals surface area contributed by atoms with Crippen LogP contribution in [0.5, 0.6) is 0 Å². The Labute approximate surface area is 112 Å². The highest BCUT2D eigenvalue weighted by molar-refractivity contribution is 6.07. The molecule has 2 unspecified atom stereocenters. The fraction of sp³-hybridized carbons (Fsp3) is 0.400. The number of carbonyl (C=O) groups excluding carboxylic acids is 1. The molecule has 4 nitrogen and oxygen atoms in total. The van der Waals surface area contributed by atoms with E-state index in [1.807, 2.05) is 18.2 Å². The summed E-state index contributed by atoms with van der Waals surface area (Å²) in [4.78, 5) is 15.5. The van der Waals surface area contributed by atoms with Crippen LogP contribution in [0.1, 0.15) is 36.5 Å². The zero-order chi connectivity index (χ0) is 13.4. The average Bonchev–Trinajstić information content (AvgIpc) is 2.96. The molecule has 19 heavy (non-hydrogen) atoms. The molecule has 1 fully saturated rings. The largest absolute Gasteiger partial charge is 0.399 e. The van der Waals surface area contributed by atoms with E-state index >= 15 is 0 Å². The lowest BCUT2D eigenvalue weighted by atomic mass is 10.1. The molecule has 1 aliphatic carbocycles. The van der Waals surface area contributed by atoms with Crippen molar-refractivity contribution in [3.63, 3.8) is 0 Å². The number of nitrogens with two attached hydrogens (primary N) is 1. The zero-order valence-electron chi connectivity index (χ0n) is 11.1. The van der Waals surface area contributed by atoms with Gasteiger partial charge in [-0.1, -0.05) is 13.3 Å². The Morgan fingerprint density at radius 3 is 3.00 bits per heavy atom. The van der Waals surface area contributed by atoms with Crippen molar-refractivity contribution in [3.05, 3.63) is 30.0 Å². The summed E-state index contributed by atoms with van der Waals surface area (Å²) in [5, 5.41) is 4.03. The minimum Gasteiger partial charge on any atom is -0.399 e. The molecule has 0 radical (unpaired) electrons. The van der Waals surface area contributed by atoms with Crippen molar-refractivity contribution >= 4 is 22.5 Å². The first-order valence-electron chi connectivity index (χ1n) is 6.82. The number of aromatic amines is 1. The van der Waals surface area contributed by atoms with Gasteiger partial charge < -0.3 is 16.0 Å². The molecule has 1 aliphatic rings. The highest BCUT2D eigenvalue weighted by Gasteiger charge is 2.25. The third-order valence-electron chi connectivity index (χ3n) is 4.13. The van der Waals surface area contributed by atoms with E-state index in [9.17, 15) is 4.79 Å². The Hall–Kier alpha value is -1.97. The maximum Gasteiger partial charge on any atom is 0.253 e. The molecule has 0 spiro atoms. The van der Waals surface area contributed by atoms with Gasteiger partial charge in [0.2, 0.25) is 0 Å². The number of anilines is 1. The Kier molecular flexibility index (Phi) is 2.93. The molecule has 1 aromatic heterocycles. The van der Waals surface area contributed by atoms with Gasteiger partial charge in [-0.3, -0.25) is 4.79 Å². The van der Waals surface area contributed by atoms with Crippen LogP contribution >= 0.6 is 0 Å². The predicted molar refractivity (Wildman–Crippen MR) is 77.0 cm³/mol. The number of hydrogen-bond acceptors (Lipinski definition) is 2. The van der Waals surface area contributed by atoms with Gasteiger partial charge in [0.25, 0.3) is 5.91 Å². The van der Waals surface area contributed by atoms with Crippen LogP contribution in [0.2, 0.25) is 0 Å². The molecule has 1 amide bonds. The Bertz CT molecular complexity index is 617. The van der Waals surface area contributed by atoms with Crippen LogP contribution in [0.15, 0.2) is 24.4 Å². The van der Waals surface area contributed by atoms with Gasteiger partial charge in [-0.25, -0.2) is 0 Å². The lowest BCUT2D eigenvalue weighted by molar-refractivity contribution is 0.0931. The van der Waals surface area contributed by atoms with Crippen molar-refractivity contribution in [2.45, 2.75) is 32.2 Å². The molecule has 1 heterocycles. The Morgan fingerprint density at radius 1 is 1.42 bits per heavy atom. The first-order valence-corrected chi connectivity index (χ1v) is 6.82. The van der Waals surface area contributed by atoms with Crippen LogP contribution in [-0.2, 0) is 0 Å². The number of fused-ring (bicyclic) bond motifs is 1. The van der Waals surface area contributed by atoms with Crippen LogP contribution in [0, 0.1) is 5.92 Å². The summed E-state index contributed by atoms with van der Waals surface area (Å²) >= 11 is 0. The van der Waals surface area contributed by atoms with E-state index in [2.05, 4.69) is 17.2 Å². The summed E-state index contributed by atoms with van der Waals surface area (Å²) < 4.78 is 0. The number of rotatable bonds is 2. The van der Waals surface area contributed by atoms with Gasteiger partial charge in [0.05, 0.1) is 5.56 Å². The van der Waals surface area contributed by atoms with E-state index in [-0.39, 0.29) is 5.91 Å². The van der Waals surface area contributed by atoms with Crippen molar-refractivity contribution < 1.29 is 4.79 Å². The summed E-state index contributed by atoms with van der Waals surface area (Å²) in [5.74, 6) is 0.565. The summed E-state index contributed by atoms with van der Waals surface area (Å²) in [7, 11) is 0. The molecule has 0 bridgehead atoms. The van der Waals surface area contributed by atoms with Gasteiger partial charge in [-0.05, 0) is 37.0 Å². The molecular weight excluding hydrogens is 238 g/mol. The lowest BCUT2D eigenvalue weighted by Crippen LogP contribution is -2.36. The quantitative estimate of drug-likeness (QED) is 0.724. The van der Waals surface area contributed by atoms with E-state index in [1.54, 1.807) is 6.20 Å². The van der Waals surface area contributed by atoms with Crippen molar-refractivity contribution in [3.8, 4) is 0 Å². The van der Waals surface area contributed by atoms with E-state index < -0.39 is 0 Å². The number of benzene rings is 1. The zero-order valence-corrected chi connectivity index (χ0v) is 11.1. The van der Waals surface area contributed by atoms with Gasteiger partial charge in [0, 0.05) is 28.8 Å². The predicted octanol–water partition coefficient (Wildman–Crippen LogP) is 2.67. The molecule has 3 rings (SSSR count). The van der Waals surface area contributed by atoms with Crippen LogP contribution in [0.4, 0.5) is 5.69 Å². The van der Waals surface area contributed by atoms with Crippen molar-refractivity contribution in [1.29, 1.82) is 0 Å². The molecule has 4 heteroatoms. The number of carbonyl (C=O) groups is 1. The third-order valence-corrected chi connectivity index (χ3v) is 4.13. The number of nitrogen functional groups attached to an aromatic ring is 1. The van der Waals surface area contributed by atoms with Crippen LogP contribution in [0.25, 0.3) is 10.9 Å². The van der Waals surface area contributed by atoms with Gasteiger partial charge in [0.15, 0.2) is 0 Å². The van der Waals surface area contributed by atoms with E-state index in [0.29, 0.717) is 23.2 Å². The van der Waals surface area contributed by atoms with Crippen molar-refractivity contribution in [2.75, 3.05) is 5.73 Å². The number of H-pyrrole nitrogens is 1. The highest BCUT2D eigenvalue weighted by atomic mass is 16.1. The fourth-order valence-electron chi connectivity index (χ4n) is 2.93. The summed E-state index contributed by atoms with van der Waals surface area (Å²) in [6.45, 7) is 2.20. The number of amides is 1. The maximum atomic E-state index is 12.4. The second kappa shape index (κ2) is 4.61.